The summed E-state index contributed by atoms with van der Waals surface area (Å²) in [6.07, 6.45) is 1.65. The van der Waals surface area contributed by atoms with Gasteiger partial charge < -0.3 is 19.1 Å². The second-order valence-electron chi connectivity index (χ2n) is 13.3. The Morgan fingerprint density at radius 2 is 1.72 bits per heavy atom. The van der Waals surface area contributed by atoms with Crippen LogP contribution in [0.25, 0.3) is 0 Å². The van der Waals surface area contributed by atoms with Gasteiger partial charge in [0.05, 0.1) is 15.6 Å². The molecule has 2 aromatic rings. The SMILES string of the molecule is CC(C)C(=O)N(C)C[C@](CCN1CCC2(CC1)c1ccccc1C[S+]2[O-])(c1ccc(Cl)c(Cl)c1)N(C)C(=O)OC(C)(C)C. The van der Waals surface area contributed by atoms with Gasteiger partial charge in [0.2, 0.25) is 5.91 Å². The third-order valence-corrected chi connectivity index (χ3v) is 11.7. The van der Waals surface area contributed by atoms with Crippen molar-refractivity contribution in [3.8, 4) is 0 Å². The molecule has 2 aliphatic heterocycles. The Morgan fingerprint density at radius 1 is 1.07 bits per heavy atom. The Morgan fingerprint density at radius 3 is 2.33 bits per heavy atom. The summed E-state index contributed by atoms with van der Waals surface area (Å²) in [6, 6.07) is 13.7. The fourth-order valence-electron chi connectivity index (χ4n) is 6.45. The van der Waals surface area contributed by atoms with Gasteiger partial charge in [0.25, 0.3) is 0 Å². The average molecular weight is 651 g/mol. The maximum atomic E-state index is 13.7. The minimum atomic E-state index is -0.965. The number of benzene rings is 2. The van der Waals surface area contributed by atoms with Gasteiger partial charge in [-0.3, -0.25) is 9.69 Å². The number of hydrogen-bond donors (Lipinski definition) is 0. The van der Waals surface area contributed by atoms with Crippen LogP contribution in [0.1, 0.15) is 70.6 Å². The van der Waals surface area contributed by atoms with E-state index in [2.05, 4.69) is 17.0 Å². The molecule has 2 aliphatic rings. The number of nitrogens with zero attached hydrogens (tertiary/aromatic N) is 3. The van der Waals surface area contributed by atoms with Gasteiger partial charge in [0.15, 0.2) is 4.75 Å². The summed E-state index contributed by atoms with van der Waals surface area (Å²) in [5, 5.41) is 0.790. The van der Waals surface area contributed by atoms with Crippen LogP contribution < -0.4 is 0 Å². The lowest BCUT2D eigenvalue weighted by Crippen LogP contribution is -2.57. The van der Waals surface area contributed by atoms with Crippen molar-refractivity contribution in [3.63, 3.8) is 0 Å². The van der Waals surface area contributed by atoms with Crippen molar-refractivity contribution >= 4 is 46.4 Å². The zero-order valence-corrected chi connectivity index (χ0v) is 28.7. The van der Waals surface area contributed by atoms with Crippen LogP contribution in [0.3, 0.4) is 0 Å². The predicted octanol–water partition coefficient (Wildman–Crippen LogP) is 6.81. The summed E-state index contributed by atoms with van der Waals surface area (Å²) in [6.45, 7) is 11.7. The Hall–Kier alpha value is -1.97. The minimum Gasteiger partial charge on any atom is -0.615 e. The second-order valence-corrected chi connectivity index (χ2v) is 15.9. The Kier molecular flexibility index (Phi) is 10.4. The van der Waals surface area contributed by atoms with Gasteiger partial charge >= 0.3 is 6.09 Å². The number of ether oxygens (including phenoxy) is 1. The fourth-order valence-corrected chi connectivity index (χ4v) is 8.65. The quantitative estimate of drug-likeness (QED) is 0.294. The molecule has 0 aliphatic carbocycles. The number of halogens is 2. The van der Waals surface area contributed by atoms with E-state index in [0.29, 0.717) is 28.8 Å². The molecule has 2 aromatic carbocycles. The number of amides is 2. The smallest absolute Gasteiger partial charge is 0.410 e. The van der Waals surface area contributed by atoms with Crippen LogP contribution in [0, 0.1) is 5.92 Å². The molecule has 7 nitrogen and oxygen atoms in total. The molecule has 0 aromatic heterocycles. The van der Waals surface area contributed by atoms with E-state index in [-0.39, 0.29) is 23.1 Å². The molecule has 236 valence electrons. The molecule has 43 heavy (non-hydrogen) atoms. The van der Waals surface area contributed by atoms with Crippen molar-refractivity contribution in [2.45, 2.75) is 75.5 Å². The summed E-state index contributed by atoms with van der Waals surface area (Å²) in [5.41, 5.74) is 1.54. The maximum Gasteiger partial charge on any atom is 0.410 e. The number of piperidine rings is 1. The number of likely N-dealkylation sites (N-methyl/N-ethyl adjacent to an activating group) is 2. The second kappa shape index (κ2) is 13.2. The molecule has 0 saturated carbocycles. The Bertz CT molecular complexity index is 1330. The molecular formula is C33H45Cl2N3O4S. The first kappa shape index (κ1) is 33.9. The van der Waals surface area contributed by atoms with Crippen molar-refractivity contribution in [1.29, 1.82) is 0 Å². The summed E-state index contributed by atoms with van der Waals surface area (Å²) in [5.74, 6) is 0.383. The van der Waals surface area contributed by atoms with Gasteiger partial charge in [0.1, 0.15) is 11.4 Å². The highest BCUT2D eigenvalue weighted by molar-refractivity contribution is 7.92. The molecular weight excluding hydrogens is 605 g/mol. The van der Waals surface area contributed by atoms with Crippen LogP contribution in [-0.4, -0.2) is 77.1 Å². The van der Waals surface area contributed by atoms with E-state index in [1.165, 1.54) is 11.1 Å². The summed E-state index contributed by atoms with van der Waals surface area (Å²) in [7, 11) is 3.50. The number of carbonyl (C=O) groups excluding carboxylic acids is 2. The van der Waals surface area contributed by atoms with E-state index in [4.69, 9.17) is 27.9 Å². The van der Waals surface area contributed by atoms with Crippen LogP contribution in [0.15, 0.2) is 42.5 Å². The minimum absolute atomic E-state index is 0.0238. The van der Waals surface area contributed by atoms with Crippen LogP contribution in [-0.2, 0) is 36.7 Å². The fraction of sp³-hybridized carbons (Fsp3) is 0.576. The van der Waals surface area contributed by atoms with E-state index in [1.54, 1.807) is 36.0 Å². The number of rotatable bonds is 8. The van der Waals surface area contributed by atoms with Crippen LogP contribution in [0.5, 0.6) is 0 Å². The van der Waals surface area contributed by atoms with Gasteiger partial charge in [-0.25, -0.2) is 4.79 Å². The molecule has 1 fully saturated rings. The Balaban J connectivity index is 1.66. The molecule has 1 unspecified atom stereocenters. The van der Waals surface area contributed by atoms with Crippen molar-refractivity contribution < 1.29 is 18.9 Å². The molecule has 1 spiro atoms. The van der Waals surface area contributed by atoms with Crippen molar-refractivity contribution in [2.75, 3.05) is 40.3 Å². The van der Waals surface area contributed by atoms with Gasteiger partial charge in [-0.1, -0.05) is 67.4 Å². The predicted molar refractivity (Wildman–Crippen MR) is 175 cm³/mol. The number of carbonyl (C=O) groups is 2. The van der Waals surface area contributed by atoms with Gasteiger partial charge in [-0.2, -0.15) is 0 Å². The molecule has 10 heteroatoms. The monoisotopic (exact) mass is 649 g/mol. The first-order chi connectivity index (χ1) is 20.1. The zero-order chi connectivity index (χ0) is 31.7. The number of likely N-dealkylation sites (tertiary alicyclic amines) is 1. The van der Waals surface area contributed by atoms with Crippen LogP contribution >= 0.6 is 23.2 Å². The summed E-state index contributed by atoms with van der Waals surface area (Å²) < 4.78 is 18.9. The number of fused-ring (bicyclic) bond motifs is 2. The van der Waals surface area contributed by atoms with Gasteiger partial charge in [-0.15, -0.1) is 0 Å². The molecule has 2 atom stereocenters. The van der Waals surface area contributed by atoms with Crippen LogP contribution in [0.4, 0.5) is 4.79 Å². The molecule has 0 radical (unpaired) electrons. The highest BCUT2D eigenvalue weighted by atomic mass is 35.5. The third kappa shape index (κ3) is 7.14. The topological polar surface area (TPSA) is 76.2 Å². The van der Waals surface area contributed by atoms with Gasteiger partial charge in [-0.05, 0) is 56.1 Å². The highest BCUT2D eigenvalue weighted by Gasteiger charge is 2.52. The maximum absolute atomic E-state index is 13.7. The van der Waals surface area contributed by atoms with Gasteiger partial charge in [0, 0.05) is 70.2 Å². The largest absolute Gasteiger partial charge is 0.615 e. The van der Waals surface area contributed by atoms with E-state index in [1.807, 2.05) is 52.8 Å². The normalized spacial score (nSPS) is 19.7. The highest BCUT2D eigenvalue weighted by Crippen LogP contribution is 2.49. The van der Waals surface area contributed by atoms with Crippen molar-refractivity contribution in [2.24, 2.45) is 5.92 Å². The molecule has 4 rings (SSSR count). The molecule has 0 N–H and O–H groups in total. The molecule has 0 bridgehead atoms. The van der Waals surface area contributed by atoms with Crippen molar-refractivity contribution in [1.82, 2.24) is 14.7 Å². The summed E-state index contributed by atoms with van der Waals surface area (Å²) in [4.78, 5) is 32.6. The zero-order valence-electron chi connectivity index (χ0n) is 26.4. The standard InChI is InChI=1S/C33H45Cl2N3O4S/c1-23(2)29(39)36(6)22-32(25-12-13-27(34)28(35)20-25,37(7)30(40)42-31(3,4)5)14-17-38-18-15-33(16-19-38)26-11-9-8-10-24(26)21-43(33)41/h8-13,20,23H,14-19,21-22H2,1-7H3/t32-,43?/m1/s1. The Labute approximate surface area is 270 Å². The van der Waals surface area contributed by atoms with E-state index in [9.17, 15) is 14.1 Å². The average Bonchev–Trinajstić information content (AvgIpc) is 3.21. The lowest BCUT2D eigenvalue weighted by atomic mass is 9.83. The first-order valence-electron chi connectivity index (χ1n) is 15.0. The third-order valence-electron chi connectivity index (χ3n) is 8.87. The summed E-state index contributed by atoms with van der Waals surface area (Å²) >= 11 is 11.9. The van der Waals surface area contributed by atoms with E-state index in [0.717, 1.165) is 31.5 Å². The first-order valence-corrected chi connectivity index (χ1v) is 17.0. The lowest BCUT2D eigenvalue weighted by molar-refractivity contribution is -0.135. The molecule has 2 heterocycles. The lowest BCUT2D eigenvalue weighted by Gasteiger charge is -2.46. The molecule has 2 amide bonds. The van der Waals surface area contributed by atoms with E-state index < -0.39 is 28.4 Å². The molecule has 1 saturated heterocycles. The van der Waals surface area contributed by atoms with Crippen LogP contribution in [0.2, 0.25) is 10.0 Å². The van der Waals surface area contributed by atoms with E-state index >= 15 is 0 Å². The number of hydrogen-bond acceptors (Lipinski definition) is 5. The van der Waals surface area contributed by atoms with Crippen molar-refractivity contribution in [3.05, 3.63) is 69.2 Å².